The van der Waals surface area contributed by atoms with Gasteiger partial charge in [0.05, 0.1) is 5.56 Å². The molecule has 0 atom stereocenters. The number of allylic oxidation sites excluding steroid dienone is 1. The summed E-state index contributed by atoms with van der Waals surface area (Å²) in [4.78, 5) is 0. The van der Waals surface area contributed by atoms with Gasteiger partial charge in [0.25, 0.3) is 0 Å². The maximum atomic E-state index is 14.9. The van der Waals surface area contributed by atoms with Crippen molar-refractivity contribution in [3.63, 3.8) is 0 Å². The SMILES string of the molecule is CCCC1=Cc2cc(F)c(-c3ccc(OC(F)(F)F)cc3)c(F)c2CC1. The van der Waals surface area contributed by atoms with E-state index >= 15 is 0 Å². The molecule has 26 heavy (non-hydrogen) atoms. The number of ether oxygens (including phenoxy) is 1. The van der Waals surface area contributed by atoms with Crippen LogP contribution in [-0.4, -0.2) is 6.36 Å². The molecule has 1 nitrogen and oxygen atoms in total. The molecule has 6 heteroatoms. The first-order valence-corrected chi connectivity index (χ1v) is 8.35. The molecular weight excluding hydrogens is 351 g/mol. The molecule has 0 aromatic heterocycles. The van der Waals surface area contributed by atoms with Gasteiger partial charge in [0.15, 0.2) is 0 Å². The molecule has 3 rings (SSSR count). The Kier molecular flexibility index (Phi) is 5.03. The van der Waals surface area contributed by atoms with Gasteiger partial charge in [-0.15, -0.1) is 13.2 Å². The number of benzene rings is 2. The first-order valence-electron chi connectivity index (χ1n) is 8.35. The molecule has 0 amide bonds. The predicted molar refractivity (Wildman–Crippen MR) is 89.7 cm³/mol. The van der Waals surface area contributed by atoms with Crippen LogP contribution in [0, 0.1) is 11.6 Å². The number of rotatable bonds is 4. The Morgan fingerprint density at radius 1 is 1.04 bits per heavy atom. The third-order valence-corrected chi connectivity index (χ3v) is 4.36. The highest BCUT2D eigenvalue weighted by Gasteiger charge is 2.31. The first kappa shape index (κ1) is 18.4. The number of hydrogen-bond donors (Lipinski definition) is 0. The van der Waals surface area contributed by atoms with Crippen LogP contribution in [-0.2, 0) is 6.42 Å². The molecule has 0 aliphatic heterocycles. The number of halogens is 5. The predicted octanol–water partition coefficient (Wildman–Crippen LogP) is 6.66. The standard InChI is InChI=1S/C20H17F5O/c1-2-3-12-4-9-16-14(10-12)11-17(21)18(19(16)22)13-5-7-15(8-6-13)26-20(23,24)25/h5-8,10-11H,2-4,9H2,1H3. The molecular formula is C20H17F5O. The summed E-state index contributed by atoms with van der Waals surface area (Å²) in [6.07, 6.45) is 0.0866. The lowest BCUT2D eigenvalue weighted by molar-refractivity contribution is -0.274. The highest BCUT2D eigenvalue weighted by molar-refractivity contribution is 5.71. The normalized spacial score (nSPS) is 14.0. The number of alkyl halides is 3. The van der Waals surface area contributed by atoms with Crippen molar-refractivity contribution in [1.82, 2.24) is 0 Å². The molecule has 0 saturated carbocycles. The molecule has 0 spiro atoms. The van der Waals surface area contributed by atoms with Gasteiger partial charge in [0, 0.05) is 0 Å². The van der Waals surface area contributed by atoms with E-state index in [2.05, 4.69) is 4.74 Å². The Morgan fingerprint density at radius 3 is 2.35 bits per heavy atom. The van der Waals surface area contributed by atoms with Gasteiger partial charge in [-0.1, -0.05) is 37.1 Å². The zero-order valence-corrected chi connectivity index (χ0v) is 14.1. The van der Waals surface area contributed by atoms with Crippen molar-refractivity contribution in [3.05, 3.63) is 58.7 Å². The van der Waals surface area contributed by atoms with Crippen LogP contribution >= 0.6 is 0 Å². The van der Waals surface area contributed by atoms with Crippen LogP contribution in [0.1, 0.15) is 37.3 Å². The molecule has 0 heterocycles. The zero-order valence-electron chi connectivity index (χ0n) is 14.1. The fourth-order valence-corrected chi connectivity index (χ4v) is 3.24. The van der Waals surface area contributed by atoms with Crippen molar-refractivity contribution in [2.45, 2.75) is 39.0 Å². The van der Waals surface area contributed by atoms with Gasteiger partial charge in [-0.2, -0.15) is 0 Å². The van der Waals surface area contributed by atoms with Crippen LogP contribution in [0.3, 0.4) is 0 Å². The van der Waals surface area contributed by atoms with Crippen LogP contribution in [0.4, 0.5) is 22.0 Å². The first-order chi connectivity index (χ1) is 12.3. The van der Waals surface area contributed by atoms with Crippen molar-refractivity contribution in [2.75, 3.05) is 0 Å². The van der Waals surface area contributed by atoms with E-state index in [1.54, 1.807) is 0 Å². The lowest BCUT2D eigenvalue weighted by Gasteiger charge is -2.19. The molecule has 138 valence electrons. The minimum Gasteiger partial charge on any atom is -0.406 e. The highest BCUT2D eigenvalue weighted by atomic mass is 19.4. The van der Waals surface area contributed by atoms with Gasteiger partial charge in [0.1, 0.15) is 17.4 Å². The van der Waals surface area contributed by atoms with Crippen LogP contribution in [0.25, 0.3) is 17.2 Å². The summed E-state index contributed by atoms with van der Waals surface area (Å²) in [5.74, 6) is -1.83. The van der Waals surface area contributed by atoms with Crippen LogP contribution < -0.4 is 4.74 Å². The molecule has 0 unspecified atom stereocenters. The average molecular weight is 368 g/mol. The van der Waals surface area contributed by atoms with E-state index < -0.39 is 23.7 Å². The molecule has 2 aromatic carbocycles. The van der Waals surface area contributed by atoms with Crippen LogP contribution in [0.2, 0.25) is 0 Å². The molecule has 1 aliphatic carbocycles. The topological polar surface area (TPSA) is 9.23 Å². The third-order valence-electron chi connectivity index (χ3n) is 4.36. The Balaban J connectivity index is 1.97. The summed E-state index contributed by atoms with van der Waals surface area (Å²) in [5.41, 5.74) is 2.09. The maximum absolute atomic E-state index is 14.9. The fraction of sp³-hybridized carbons (Fsp3) is 0.300. The molecule has 0 radical (unpaired) electrons. The Bertz CT molecular complexity index is 835. The Labute approximate surface area is 148 Å². The van der Waals surface area contributed by atoms with Crippen LogP contribution in [0.5, 0.6) is 5.75 Å². The summed E-state index contributed by atoms with van der Waals surface area (Å²) in [7, 11) is 0. The zero-order chi connectivity index (χ0) is 18.9. The van der Waals surface area contributed by atoms with E-state index in [4.69, 9.17) is 0 Å². The smallest absolute Gasteiger partial charge is 0.406 e. The third kappa shape index (κ3) is 3.89. The lowest BCUT2D eigenvalue weighted by Crippen LogP contribution is -2.17. The van der Waals surface area contributed by atoms with E-state index in [0.29, 0.717) is 17.5 Å². The van der Waals surface area contributed by atoms with E-state index in [-0.39, 0.29) is 11.1 Å². The van der Waals surface area contributed by atoms with Crippen molar-refractivity contribution in [3.8, 4) is 16.9 Å². The van der Waals surface area contributed by atoms with E-state index in [0.717, 1.165) is 31.4 Å². The average Bonchev–Trinajstić information content (AvgIpc) is 2.55. The van der Waals surface area contributed by atoms with Gasteiger partial charge in [-0.05, 0) is 54.2 Å². The molecule has 0 N–H and O–H groups in total. The summed E-state index contributed by atoms with van der Waals surface area (Å²) < 4.78 is 69.9. The van der Waals surface area contributed by atoms with Gasteiger partial charge < -0.3 is 4.74 Å². The number of hydrogen-bond acceptors (Lipinski definition) is 1. The number of fused-ring (bicyclic) bond motifs is 1. The monoisotopic (exact) mass is 368 g/mol. The van der Waals surface area contributed by atoms with Gasteiger partial charge in [-0.3, -0.25) is 0 Å². The maximum Gasteiger partial charge on any atom is 0.573 e. The second-order valence-electron chi connectivity index (χ2n) is 6.24. The van der Waals surface area contributed by atoms with Crippen molar-refractivity contribution in [1.29, 1.82) is 0 Å². The summed E-state index contributed by atoms with van der Waals surface area (Å²) in [6, 6.07) is 5.82. The van der Waals surface area contributed by atoms with Crippen LogP contribution in [0.15, 0.2) is 35.9 Å². The molecule has 2 aromatic rings. The van der Waals surface area contributed by atoms with E-state index in [9.17, 15) is 22.0 Å². The minimum atomic E-state index is -4.81. The largest absolute Gasteiger partial charge is 0.573 e. The van der Waals surface area contributed by atoms with Gasteiger partial charge in [-0.25, -0.2) is 8.78 Å². The molecule has 0 fully saturated rings. The van der Waals surface area contributed by atoms with Crippen molar-refractivity contribution < 1.29 is 26.7 Å². The quantitative estimate of drug-likeness (QED) is 0.548. The second-order valence-corrected chi connectivity index (χ2v) is 6.24. The summed E-state index contributed by atoms with van der Waals surface area (Å²) in [5, 5.41) is 0. The second kappa shape index (κ2) is 7.09. The molecule has 1 aliphatic rings. The van der Waals surface area contributed by atoms with Crippen molar-refractivity contribution in [2.24, 2.45) is 0 Å². The molecule has 0 saturated heterocycles. The fourth-order valence-electron chi connectivity index (χ4n) is 3.24. The van der Waals surface area contributed by atoms with Gasteiger partial charge >= 0.3 is 6.36 Å². The minimum absolute atomic E-state index is 0.167. The Morgan fingerprint density at radius 2 is 1.73 bits per heavy atom. The summed E-state index contributed by atoms with van der Waals surface area (Å²) >= 11 is 0. The van der Waals surface area contributed by atoms with E-state index in [1.165, 1.54) is 23.8 Å². The van der Waals surface area contributed by atoms with Gasteiger partial charge in [0.2, 0.25) is 0 Å². The summed E-state index contributed by atoms with van der Waals surface area (Å²) in [6.45, 7) is 2.05. The highest BCUT2D eigenvalue weighted by Crippen LogP contribution is 2.36. The van der Waals surface area contributed by atoms with Crippen molar-refractivity contribution >= 4 is 6.08 Å². The Hall–Kier alpha value is -2.37. The lowest BCUT2D eigenvalue weighted by atomic mass is 9.87. The molecule has 0 bridgehead atoms. The van der Waals surface area contributed by atoms with E-state index in [1.807, 2.05) is 13.0 Å².